The molecule has 1 aliphatic carbocycles. The number of thiazole rings is 1. The van der Waals surface area contributed by atoms with E-state index in [-0.39, 0.29) is 24.2 Å². The molecule has 10 nitrogen and oxygen atoms in total. The molecule has 5 rings (SSSR count). The Kier molecular flexibility index (Phi) is 5.98. The van der Waals surface area contributed by atoms with Crippen LogP contribution in [0.2, 0.25) is 0 Å². The van der Waals surface area contributed by atoms with E-state index in [0.717, 1.165) is 34.2 Å². The zero-order valence-corrected chi connectivity index (χ0v) is 20.2. The van der Waals surface area contributed by atoms with Gasteiger partial charge >= 0.3 is 0 Å². The van der Waals surface area contributed by atoms with Gasteiger partial charge in [0, 0.05) is 0 Å². The van der Waals surface area contributed by atoms with Crippen LogP contribution in [0.5, 0.6) is 0 Å². The minimum absolute atomic E-state index is 0.00871. The summed E-state index contributed by atoms with van der Waals surface area (Å²) in [7, 11) is -7.65. The predicted octanol–water partition coefficient (Wildman–Crippen LogP) is 2.71. The second kappa shape index (κ2) is 8.82. The molecule has 0 radical (unpaired) electrons. The SMILES string of the molecule is NS(=O)(=O)NCc1nnc(CS(=O)(=O)C(c2nc3ccc(-c4ccccc4)cc3s2)C2CC2)o1. The largest absolute Gasteiger partial charge is 0.423 e. The van der Waals surface area contributed by atoms with Crippen LogP contribution >= 0.6 is 11.3 Å². The summed E-state index contributed by atoms with van der Waals surface area (Å²) >= 11 is 1.39. The van der Waals surface area contributed by atoms with Crippen LogP contribution in [0, 0.1) is 5.92 Å². The van der Waals surface area contributed by atoms with Crippen molar-refractivity contribution in [1.82, 2.24) is 19.9 Å². The van der Waals surface area contributed by atoms with E-state index in [4.69, 9.17) is 9.56 Å². The minimum atomic E-state index is -3.94. The maximum atomic E-state index is 13.4. The van der Waals surface area contributed by atoms with Gasteiger partial charge in [0.2, 0.25) is 11.8 Å². The van der Waals surface area contributed by atoms with Gasteiger partial charge in [-0.3, -0.25) is 0 Å². The fraction of sp³-hybridized carbons (Fsp3) is 0.286. The zero-order chi connectivity index (χ0) is 23.9. The van der Waals surface area contributed by atoms with Crippen molar-refractivity contribution in [2.24, 2.45) is 11.1 Å². The predicted molar refractivity (Wildman–Crippen MR) is 127 cm³/mol. The van der Waals surface area contributed by atoms with E-state index in [1.54, 1.807) is 0 Å². The second-order valence-corrected chi connectivity index (χ2v) is 12.7. The Bertz CT molecular complexity index is 1540. The zero-order valence-electron chi connectivity index (χ0n) is 17.8. The van der Waals surface area contributed by atoms with Gasteiger partial charge in [-0.2, -0.15) is 13.1 Å². The van der Waals surface area contributed by atoms with E-state index in [9.17, 15) is 16.8 Å². The first kappa shape index (κ1) is 23.1. The van der Waals surface area contributed by atoms with E-state index in [1.165, 1.54) is 11.3 Å². The van der Waals surface area contributed by atoms with Crippen LogP contribution in [0.15, 0.2) is 52.9 Å². The third-order valence-corrected chi connectivity index (χ3v) is 9.28. The average molecular weight is 520 g/mol. The van der Waals surface area contributed by atoms with Gasteiger partial charge in [-0.25, -0.2) is 18.5 Å². The number of fused-ring (bicyclic) bond motifs is 1. The molecule has 4 aromatic rings. The molecule has 13 heteroatoms. The highest BCUT2D eigenvalue weighted by Crippen LogP contribution is 2.48. The molecule has 0 bridgehead atoms. The fourth-order valence-corrected chi connectivity index (χ4v) is 7.61. The van der Waals surface area contributed by atoms with Crippen LogP contribution in [-0.4, -0.2) is 32.0 Å². The first-order valence-electron chi connectivity index (χ1n) is 10.4. The summed E-state index contributed by atoms with van der Waals surface area (Å²) < 4.78 is 57.1. The smallest absolute Gasteiger partial charge is 0.274 e. The number of benzene rings is 2. The van der Waals surface area contributed by atoms with Gasteiger partial charge in [-0.1, -0.05) is 36.4 Å². The van der Waals surface area contributed by atoms with Crippen molar-refractivity contribution in [3.63, 3.8) is 0 Å². The lowest BCUT2D eigenvalue weighted by molar-refractivity contribution is 0.452. The molecule has 2 aromatic carbocycles. The Hall–Kier alpha value is -2.71. The standard InChI is InChI=1S/C21H21N5O5S3/c22-34(29,30)23-11-18-25-26-19(31-18)12-33(27,28)20(14-6-7-14)21-24-16-9-8-15(10-17(16)32-21)13-4-2-1-3-5-13/h1-5,8-10,14,20,23H,6-7,11-12H2,(H2,22,29,30). The van der Waals surface area contributed by atoms with Gasteiger partial charge in [0.15, 0.2) is 9.84 Å². The van der Waals surface area contributed by atoms with Crippen molar-refractivity contribution < 1.29 is 21.3 Å². The topological polar surface area (TPSA) is 158 Å². The van der Waals surface area contributed by atoms with Crippen LogP contribution < -0.4 is 9.86 Å². The van der Waals surface area contributed by atoms with E-state index in [2.05, 4.69) is 15.2 Å². The van der Waals surface area contributed by atoms with Crippen LogP contribution in [0.1, 0.15) is 34.9 Å². The van der Waals surface area contributed by atoms with Gasteiger partial charge in [0.05, 0.1) is 16.8 Å². The molecule has 0 aliphatic heterocycles. The molecule has 0 saturated heterocycles. The van der Waals surface area contributed by atoms with Crippen LogP contribution in [0.25, 0.3) is 21.3 Å². The number of rotatable bonds is 9. The van der Waals surface area contributed by atoms with Crippen molar-refractivity contribution in [2.75, 3.05) is 0 Å². The minimum Gasteiger partial charge on any atom is -0.423 e. The molecule has 1 fully saturated rings. The van der Waals surface area contributed by atoms with E-state index in [0.29, 0.717) is 5.01 Å². The maximum Gasteiger partial charge on any atom is 0.274 e. The van der Waals surface area contributed by atoms with Crippen molar-refractivity contribution in [3.8, 4) is 11.1 Å². The number of nitrogens with two attached hydrogens (primary N) is 1. The average Bonchev–Trinajstić information content (AvgIpc) is 3.35. The molecule has 0 spiro atoms. The highest BCUT2D eigenvalue weighted by Gasteiger charge is 2.43. The van der Waals surface area contributed by atoms with Gasteiger partial charge in [-0.05, 0) is 42.0 Å². The third-order valence-electron chi connectivity index (χ3n) is 5.45. The summed E-state index contributed by atoms with van der Waals surface area (Å²) in [5.41, 5.74) is 2.88. The lowest BCUT2D eigenvalue weighted by atomic mass is 10.1. The number of nitrogens with zero attached hydrogens (tertiary/aromatic N) is 3. The summed E-state index contributed by atoms with van der Waals surface area (Å²) in [6, 6.07) is 15.9. The summed E-state index contributed by atoms with van der Waals surface area (Å²) in [6.07, 6.45) is 1.62. The molecule has 1 saturated carbocycles. The molecule has 2 heterocycles. The fourth-order valence-electron chi connectivity index (χ4n) is 3.76. The molecule has 3 N–H and O–H groups in total. The molecule has 0 amide bonds. The Labute approximate surface area is 200 Å². The Morgan fingerprint density at radius 3 is 2.47 bits per heavy atom. The molecular formula is C21H21N5O5S3. The Morgan fingerprint density at radius 1 is 1.03 bits per heavy atom. The highest BCUT2D eigenvalue weighted by molar-refractivity contribution is 7.91. The summed E-state index contributed by atoms with van der Waals surface area (Å²) in [5, 5.41) is 12.1. The number of hydrogen-bond acceptors (Lipinski definition) is 9. The number of aromatic nitrogens is 3. The number of hydrogen-bond donors (Lipinski definition) is 2. The first-order valence-corrected chi connectivity index (χ1v) is 14.5. The summed E-state index contributed by atoms with van der Waals surface area (Å²) in [6.45, 7) is -0.320. The quantitative estimate of drug-likeness (QED) is 0.341. The molecule has 34 heavy (non-hydrogen) atoms. The van der Waals surface area contributed by atoms with E-state index >= 15 is 0 Å². The van der Waals surface area contributed by atoms with Gasteiger partial charge in [0.1, 0.15) is 16.0 Å². The molecular weight excluding hydrogens is 498 g/mol. The van der Waals surface area contributed by atoms with Crippen molar-refractivity contribution >= 4 is 41.6 Å². The number of sulfone groups is 1. The van der Waals surface area contributed by atoms with E-state index < -0.39 is 31.0 Å². The lowest BCUT2D eigenvalue weighted by Crippen LogP contribution is -2.30. The van der Waals surface area contributed by atoms with Gasteiger partial charge in [-0.15, -0.1) is 21.5 Å². The summed E-state index contributed by atoms with van der Waals surface area (Å²) in [5.74, 6) is -0.646. The monoisotopic (exact) mass is 519 g/mol. The molecule has 1 aliphatic rings. The normalized spacial score (nSPS) is 15.6. The molecule has 2 aromatic heterocycles. The van der Waals surface area contributed by atoms with Crippen LogP contribution in [-0.2, 0) is 32.3 Å². The summed E-state index contributed by atoms with van der Waals surface area (Å²) in [4.78, 5) is 4.66. The van der Waals surface area contributed by atoms with Crippen LogP contribution in [0.4, 0.5) is 0 Å². The third kappa shape index (κ3) is 5.18. The Balaban J connectivity index is 1.40. The van der Waals surface area contributed by atoms with Crippen molar-refractivity contribution in [2.45, 2.75) is 30.4 Å². The first-order chi connectivity index (χ1) is 16.2. The number of nitrogens with one attached hydrogen (secondary N) is 1. The molecule has 178 valence electrons. The van der Waals surface area contributed by atoms with E-state index in [1.807, 2.05) is 53.3 Å². The van der Waals surface area contributed by atoms with Gasteiger partial charge < -0.3 is 4.42 Å². The molecule has 1 atom stereocenters. The maximum absolute atomic E-state index is 13.4. The van der Waals surface area contributed by atoms with Crippen molar-refractivity contribution in [3.05, 3.63) is 65.3 Å². The molecule has 1 unspecified atom stereocenters. The lowest BCUT2D eigenvalue weighted by Gasteiger charge is -2.13. The van der Waals surface area contributed by atoms with Gasteiger partial charge in [0.25, 0.3) is 10.2 Å². The van der Waals surface area contributed by atoms with Crippen molar-refractivity contribution in [1.29, 1.82) is 0 Å². The van der Waals surface area contributed by atoms with Crippen LogP contribution in [0.3, 0.4) is 0 Å². The second-order valence-electron chi connectivity index (χ2n) is 8.12. The highest BCUT2D eigenvalue weighted by atomic mass is 32.2. The Morgan fingerprint density at radius 2 is 1.76 bits per heavy atom.